The number of Topliss-reactive ketones (excluding diaryl/α,β-unsaturated/α-hetero) is 2. The number of aromatic nitrogens is 2. The lowest BCUT2D eigenvalue weighted by Gasteiger charge is -2.06. The number of hydrogen-bond donors (Lipinski definition) is 0. The Bertz CT molecular complexity index is 907. The average molecular weight is 318 g/mol. The predicted molar refractivity (Wildman–Crippen MR) is 93.7 cm³/mol. The Hall–Kier alpha value is -3.01. The van der Waals surface area contributed by atoms with Crippen LogP contribution in [0.5, 0.6) is 0 Å². The van der Waals surface area contributed by atoms with Crippen molar-refractivity contribution in [1.29, 1.82) is 0 Å². The highest BCUT2D eigenvalue weighted by Crippen LogP contribution is 2.28. The summed E-state index contributed by atoms with van der Waals surface area (Å²) >= 11 is 0. The standard InChI is InChI=1S/C20H18N2O2/c1-13-9-11-17(12-10-13)22-20(15(3)24)18(14(2)23)19(21-22)16-7-5-4-6-8-16/h4-12H,1-3H3. The van der Waals surface area contributed by atoms with Gasteiger partial charge in [0.2, 0.25) is 0 Å². The first-order valence-electron chi connectivity index (χ1n) is 7.76. The fourth-order valence-corrected chi connectivity index (χ4v) is 2.75. The number of ketones is 2. The minimum Gasteiger partial charge on any atom is -0.294 e. The third-order valence-corrected chi connectivity index (χ3v) is 3.90. The third kappa shape index (κ3) is 2.78. The zero-order valence-electron chi connectivity index (χ0n) is 13.9. The van der Waals surface area contributed by atoms with E-state index in [2.05, 4.69) is 5.10 Å². The predicted octanol–water partition coefficient (Wildman–Crippen LogP) is 4.25. The van der Waals surface area contributed by atoms with Crippen LogP contribution < -0.4 is 0 Å². The number of aryl methyl sites for hydroxylation is 1. The fourth-order valence-electron chi connectivity index (χ4n) is 2.75. The van der Waals surface area contributed by atoms with Crippen LogP contribution in [0.25, 0.3) is 16.9 Å². The summed E-state index contributed by atoms with van der Waals surface area (Å²) in [5, 5.41) is 4.60. The molecule has 0 saturated heterocycles. The molecule has 0 bridgehead atoms. The number of hydrogen-bond acceptors (Lipinski definition) is 3. The monoisotopic (exact) mass is 318 g/mol. The van der Waals surface area contributed by atoms with Gasteiger partial charge in [-0.2, -0.15) is 5.10 Å². The second-order valence-corrected chi connectivity index (χ2v) is 5.80. The van der Waals surface area contributed by atoms with E-state index in [0.29, 0.717) is 17.0 Å². The summed E-state index contributed by atoms with van der Waals surface area (Å²) in [6.45, 7) is 4.92. The number of benzene rings is 2. The Kier molecular flexibility index (Phi) is 4.13. The van der Waals surface area contributed by atoms with Crippen LogP contribution in [-0.2, 0) is 0 Å². The number of nitrogens with zero attached hydrogens (tertiary/aromatic N) is 2. The van der Waals surface area contributed by atoms with Gasteiger partial charge in [-0.1, -0.05) is 48.0 Å². The molecule has 0 amide bonds. The van der Waals surface area contributed by atoms with Gasteiger partial charge in [0.25, 0.3) is 0 Å². The Morgan fingerprint density at radius 3 is 2.04 bits per heavy atom. The van der Waals surface area contributed by atoms with Crippen LogP contribution in [0.15, 0.2) is 54.6 Å². The van der Waals surface area contributed by atoms with E-state index in [1.807, 2.05) is 61.5 Å². The van der Waals surface area contributed by atoms with E-state index >= 15 is 0 Å². The molecule has 0 unspecified atom stereocenters. The van der Waals surface area contributed by atoms with Gasteiger partial charge in [0.1, 0.15) is 11.4 Å². The summed E-state index contributed by atoms with van der Waals surface area (Å²) in [6.07, 6.45) is 0. The Balaban J connectivity index is 2.32. The maximum atomic E-state index is 12.3. The molecule has 0 N–H and O–H groups in total. The van der Waals surface area contributed by atoms with Crippen molar-refractivity contribution in [2.45, 2.75) is 20.8 Å². The SMILES string of the molecule is CC(=O)c1c(-c2ccccc2)nn(-c2ccc(C)cc2)c1C(C)=O. The average Bonchev–Trinajstić information content (AvgIpc) is 2.97. The van der Waals surface area contributed by atoms with Gasteiger partial charge >= 0.3 is 0 Å². The quantitative estimate of drug-likeness (QED) is 0.676. The fraction of sp³-hybridized carbons (Fsp3) is 0.150. The Labute approximate surface area is 140 Å². The van der Waals surface area contributed by atoms with Crippen LogP contribution in [-0.4, -0.2) is 21.3 Å². The molecule has 0 atom stereocenters. The van der Waals surface area contributed by atoms with Crippen LogP contribution in [0.2, 0.25) is 0 Å². The first-order chi connectivity index (χ1) is 11.5. The molecule has 0 aliphatic carbocycles. The number of carbonyl (C=O) groups excluding carboxylic acids is 2. The molecule has 120 valence electrons. The van der Waals surface area contributed by atoms with Gasteiger partial charge in [-0.3, -0.25) is 9.59 Å². The molecule has 0 fully saturated rings. The topological polar surface area (TPSA) is 52.0 Å². The van der Waals surface area contributed by atoms with Crippen molar-refractivity contribution < 1.29 is 9.59 Å². The van der Waals surface area contributed by atoms with Crippen molar-refractivity contribution in [2.24, 2.45) is 0 Å². The van der Waals surface area contributed by atoms with Gasteiger partial charge in [0, 0.05) is 12.5 Å². The molecule has 1 heterocycles. The lowest BCUT2D eigenvalue weighted by atomic mass is 10.0. The van der Waals surface area contributed by atoms with Crippen molar-refractivity contribution in [3.63, 3.8) is 0 Å². The van der Waals surface area contributed by atoms with E-state index in [1.54, 1.807) is 4.68 Å². The van der Waals surface area contributed by atoms with Crippen LogP contribution in [0.3, 0.4) is 0 Å². The summed E-state index contributed by atoms with van der Waals surface area (Å²) < 4.78 is 1.57. The largest absolute Gasteiger partial charge is 0.294 e. The van der Waals surface area contributed by atoms with E-state index in [9.17, 15) is 9.59 Å². The summed E-state index contributed by atoms with van der Waals surface area (Å²) in [7, 11) is 0. The lowest BCUT2D eigenvalue weighted by Crippen LogP contribution is -2.09. The Morgan fingerprint density at radius 1 is 0.875 bits per heavy atom. The highest BCUT2D eigenvalue weighted by molar-refractivity contribution is 6.10. The molecule has 0 aliphatic rings. The minimum absolute atomic E-state index is 0.169. The van der Waals surface area contributed by atoms with Crippen molar-refractivity contribution in [2.75, 3.05) is 0 Å². The molecule has 0 radical (unpaired) electrons. The molecule has 2 aromatic carbocycles. The maximum absolute atomic E-state index is 12.3. The van der Waals surface area contributed by atoms with Crippen LogP contribution in [0.1, 0.15) is 40.3 Å². The second kappa shape index (κ2) is 6.24. The van der Waals surface area contributed by atoms with Gasteiger partial charge in [-0.15, -0.1) is 0 Å². The Morgan fingerprint density at radius 2 is 1.50 bits per heavy atom. The molecule has 0 saturated carbocycles. The third-order valence-electron chi connectivity index (χ3n) is 3.90. The first-order valence-corrected chi connectivity index (χ1v) is 7.76. The van der Waals surface area contributed by atoms with Gasteiger partial charge in [0.05, 0.1) is 11.3 Å². The van der Waals surface area contributed by atoms with Gasteiger partial charge in [-0.25, -0.2) is 4.68 Å². The summed E-state index contributed by atoms with van der Waals surface area (Å²) in [5.41, 5.74) is 3.92. The molecule has 4 heteroatoms. The molecule has 1 aromatic heterocycles. The van der Waals surface area contributed by atoms with Crippen molar-refractivity contribution in [1.82, 2.24) is 9.78 Å². The zero-order valence-corrected chi connectivity index (χ0v) is 13.9. The van der Waals surface area contributed by atoms with E-state index in [1.165, 1.54) is 13.8 Å². The van der Waals surface area contributed by atoms with E-state index in [-0.39, 0.29) is 11.6 Å². The van der Waals surface area contributed by atoms with E-state index in [4.69, 9.17) is 0 Å². The maximum Gasteiger partial charge on any atom is 0.179 e. The normalized spacial score (nSPS) is 10.6. The number of rotatable bonds is 4. The molecule has 4 nitrogen and oxygen atoms in total. The number of carbonyl (C=O) groups is 2. The van der Waals surface area contributed by atoms with Gasteiger partial charge < -0.3 is 0 Å². The van der Waals surface area contributed by atoms with Crippen LogP contribution in [0.4, 0.5) is 0 Å². The van der Waals surface area contributed by atoms with Crippen molar-refractivity contribution >= 4 is 11.6 Å². The molecule has 3 rings (SSSR count). The van der Waals surface area contributed by atoms with Crippen LogP contribution in [0, 0.1) is 6.92 Å². The summed E-state index contributed by atoms with van der Waals surface area (Å²) in [4.78, 5) is 24.5. The highest BCUT2D eigenvalue weighted by atomic mass is 16.1. The second-order valence-electron chi connectivity index (χ2n) is 5.80. The lowest BCUT2D eigenvalue weighted by molar-refractivity contribution is 0.0977. The van der Waals surface area contributed by atoms with Crippen molar-refractivity contribution in [3.05, 3.63) is 71.4 Å². The molecule has 0 aliphatic heterocycles. The van der Waals surface area contributed by atoms with Crippen molar-refractivity contribution in [3.8, 4) is 16.9 Å². The van der Waals surface area contributed by atoms with E-state index < -0.39 is 0 Å². The molecule has 3 aromatic rings. The first kappa shape index (κ1) is 15.9. The minimum atomic E-state index is -0.185. The van der Waals surface area contributed by atoms with Crippen LogP contribution >= 0.6 is 0 Å². The summed E-state index contributed by atoms with van der Waals surface area (Å²) in [6, 6.07) is 17.2. The molecule has 24 heavy (non-hydrogen) atoms. The van der Waals surface area contributed by atoms with Gasteiger partial charge in [-0.05, 0) is 26.0 Å². The molecular formula is C20H18N2O2. The molecule has 0 spiro atoms. The summed E-state index contributed by atoms with van der Waals surface area (Å²) in [5.74, 6) is -0.354. The van der Waals surface area contributed by atoms with Gasteiger partial charge in [0.15, 0.2) is 11.6 Å². The zero-order chi connectivity index (χ0) is 17.3. The van der Waals surface area contributed by atoms with E-state index in [0.717, 1.165) is 16.8 Å². The smallest absolute Gasteiger partial charge is 0.179 e. The molecular weight excluding hydrogens is 300 g/mol. The highest BCUT2D eigenvalue weighted by Gasteiger charge is 2.25.